The maximum absolute atomic E-state index is 13.4. The van der Waals surface area contributed by atoms with E-state index in [-0.39, 0.29) is 66.8 Å². The molecule has 4 amide bonds. The second kappa shape index (κ2) is 22.0. The maximum Gasteiger partial charge on any atom is 1.00 e. The third-order valence-electron chi connectivity index (χ3n) is 10.7. The van der Waals surface area contributed by atoms with Crippen molar-refractivity contribution in [2.75, 3.05) is 25.1 Å². The van der Waals surface area contributed by atoms with Crippen LogP contribution in [0.3, 0.4) is 0 Å². The number of alkyl halides is 1. The first-order chi connectivity index (χ1) is 26.3. The molecular weight excluding hydrogens is 964 g/mol. The summed E-state index contributed by atoms with van der Waals surface area (Å²) < 4.78 is 28.7. The number of benzene rings is 4. The number of nitrogens with one attached hydrogen (secondary N) is 1. The molecule has 4 aromatic carbocycles. The van der Waals surface area contributed by atoms with Crippen LogP contribution in [0.4, 0.5) is 18.4 Å². The molecule has 4 aromatic rings. The predicted molar refractivity (Wildman–Crippen MR) is 236 cm³/mol. The number of hydrogen-bond donors (Lipinski definition) is 1. The molecule has 294 valence electrons. The van der Waals surface area contributed by atoms with E-state index in [1.54, 1.807) is 35.2 Å². The first-order valence-corrected chi connectivity index (χ1v) is 21.8. The Morgan fingerprint density at radius 2 is 1.16 bits per heavy atom. The van der Waals surface area contributed by atoms with Gasteiger partial charge in [0, 0.05) is 29.1 Å². The Balaban J connectivity index is 0.000000365. The van der Waals surface area contributed by atoms with E-state index < -0.39 is 11.1 Å². The van der Waals surface area contributed by atoms with E-state index >= 15 is 0 Å². The smallest absolute Gasteiger partial charge is 1.00 e. The average Bonchev–Trinajstić information content (AvgIpc) is 3.19. The van der Waals surface area contributed by atoms with E-state index in [4.69, 9.17) is 0 Å². The van der Waals surface area contributed by atoms with Gasteiger partial charge in [-0.3, -0.25) is 0 Å². The van der Waals surface area contributed by atoms with Gasteiger partial charge in [-0.1, -0.05) is 115 Å². The van der Waals surface area contributed by atoms with Gasteiger partial charge in [-0.05, 0) is 115 Å². The van der Waals surface area contributed by atoms with Crippen molar-refractivity contribution in [1.29, 1.82) is 0 Å². The zero-order valence-corrected chi connectivity index (χ0v) is 40.1. The van der Waals surface area contributed by atoms with Gasteiger partial charge in [0.05, 0.1) is 23.2 Å². The molecule has 4 atom stereocenters. The van der Waals surface area contributed by atoms with E-state index in [0.29, 0.717) is 25.9 Å². The fourth-order valence-electron chi connectivity index (χ4n) is 7.46. The molecule has 2 fully saturated rings. The second-order valence-electron chi connectivity index (χ2n) is 13.7. The minimum Gasteiger partial charge on any atom is -1.00 e. The third-order valence-corrected chi connectivity index (χ3v) is 11.8. The Morgan fingerprint density at radius 3 is 1.61 bits per heavy atom. The summed E-state index contributed by atoms with van der Waals surface area (Å²) in [6.45, 7) is 13.0. The molecule has 2 saturated heterocycles. The molecule has 0 unspecified atom stereocenters. The SMILES string of the molecule is C=CC[C@]1(c2ccc(F)cc2)CCN([C@@H](C)c2ccc(Br)cc2)C(=O)N1.C=CC[C@]1(c2ccc(F)cc2)CCN([C@@H](C)c2ccc(Br)cc2)C(=O)N1C.CI.[H-].[Na+]. The van der Waals surface area contributed by atoms with Crippen LogP contribution in [0.25, 0.3) is 0 Å². The van der Waals surface area contributed by atoms with Crippen molar-refractivity contribution in [2.24, 2.45) is 0 Å². The molecule has 6 nitrogen and oxygen atoms in total. The Hall–Kier alpha value is -2.55. The maximum atomic E-state index is 13.4. The zero-order valence-electron chi connectivity index (χ0n) is 33.8. The molecule has 12 heteroatoms. The van der Waals surface area contributed by atoms with Crippen LogP contribution in [0.1, 0.15) is 75.3 Å². The molecule has 2 heterocycles. The number of amides is 4. The van der Waals surface area contributed by atoms with Crippen molar-refractivity contribution in [1.82, 2.24) is 20.0 Å². The molecule has 1 N–H and O–H groups in total. The van der Waals surface area contributed by atoms with Crippen molar-refractivity contribution in [3.63, 3.8) is 0 Å². The molecule has 56 heavy (non-hydrogen) atoms. The van der Waals surface area contributed by atoms with Gasteiger partial charge in [0.1, 0.15) is 11.6 Å². The quantitative estimate of drug-likeness (QED) is 0.0746. The Morgan fingerprint density at radius 1 is 0.732 bits per heavy atom. The van der Waals surface area contributed by atoms with Crippen LogP contribution in [0, 0.1) is 11.6 Å². The fraction of sp³-hybridized carbons (Fsp3) is 0.318. The van der Waals surface area contributed by atoms with Crippen molar-refractivity contribution >= 4 is 66.5 Å². The van der Waals surface area contributed by atoms with Crippen LogP contribution in [0.2, 0.25) is 0 Å². The van der Waals surface area contributed by atoms with Crippen LogP contribution >= 0.6 is 54.5 Å². The third kappa shape index (κ3) is 11.1. The van der Waals surface area contributed by atoms with Gasteiger partial charge in [-0.15, -0.1) is 13.2 Å². The van der Waals surface area contributed by atoms with Crippen LogP contribution < -0.4 is 34.9 Å². The summed E-state index contributed by atoms with van der Waals surface area (Å²) in [6.07, 6.45) is 6.36. The standard InChI is InChI=1S/C22H24BrFN2O.C21H22BrFN2O.CH3I.Na.H/c1-4-13-22(18-7-11-20(24)12-8-18)14-15-26(21(27)25(22)3)16(2)17-5-9-19(23)10-6-17;1-3-12-21(17-6-10-19(23)11-7-17)13-14-25(20(26)24-21)15(2)16-4-8-18(22)9-5-16;1-2;;/h4-12,16H,1,13-15H2,2-3H3;3-11,15H,1,12-14H2,2H3,(H,24,26);1H3;;/q;;;+1;-1/t16-,22+;15-,21+;;;/m00.../s1. The van der Waals surface area contributed by atoms with Gasteiger partial charge in [-0.2, -0.15) is 0 Å². The van der Waals surface area contributed by atoms with Crippen molar-refractivity contribution in [3.05, 3.63) is 165 Å². The van der Waals surface area contributed by atoms with E-state index in [1.165, 1.54) is 24.3 Å². The first-order valence-electron chi connectivity index (χ1n) is 18.1. The first kappa shape index (κ1) is 47.8. The molecule has 0 radical (unpaired) electrons. The monoisotopic (exact) mass is 1010 g/mol. The summed E-state index contributed by atoms with van der Waals surface area (Å²) >= 11 is 9.04. The van der Waals surface area contributed by atoms with Crippen LogP contribution in [0.5, 0.6) is 0 Å². The van der Waals surface area contributed by atoms with Gasteiger partial charge in [-0.25, -0.2) is 18.4 Å². The molecule has 0 spiro atoms. The summed E-state index contributed by atoms with van der Waals surface area (Å²) in [6, 6.07) is 28.7. The number of rotatable bonds is 10. The van der Waals surface area contributed by atoms with E-state index in [0.717, 1.165) is 44.0 Å². The van der Waals surface area contributed by atoms with Crippen molar-refractivity contribution in [2.45, 2.75) is 62.7 Å². The second-order valence-corrected chi connectivity index (χ2v) is 15.6. The number of carbonyl (C=O) groups is 2. The number of carbonyl (C=O) groups excluding carboxylic acids is 2. The predicted octanol–water partition coefficient (Wildman–Crippen LogP) is 9.58. The molecule has 0 bridgehead atoms. The summed E-state index contributed by atoms with van der Waals surface area (Å²) in [5.41, 5.74) is 2.99. The Kier molecular flexibility index (Phi) is 18.8. The molecule has 6 rings (SSSR count). The van der Waals surface area contributed by atoms with E-state index in [9.17, 15) is 18.4 Å². The van der Waals surface area contributed by atoms with Gasteiger partial charge in [0.15, 0.2) is 0 Å². The van der Waals surface area contributed by atoms with Crippen molar-refractivity contribution < 1.29 is 49.4 Å². The van der Waals surface area contributed by atoms with E-state index in [2.05, 4.69) is 72.9 Å². The molecular formula is C44H50Br2F2IN4NaO2. The van der Waals surface area contributed by atoms with E-state index in [1.807, 2.05) is 90.2 Å². The van der Waals surface area contributed by atoms with Gasteiger partial charge >= 0.3 is 41.6 Å². The summed E-state index contributed by atoms with van der Waals surface area (Å²) in [5, 5.41) is 3.16. The molecule has 0 aliphatic carbocycles. The van der Waals surface area contributed by atoms with Crippen LogP contribution in [0.15, 0.2) is 131 Å². The summed E-state index contributed by atoms with van der Waals surface area (Å²) in [7, 11) is 1.83. The topological polar surface area (TPSA) is 55.9 Å². The van der Waals surface area contributed by atoms with Crippen molar-refractivity contribution in [3.8, 4) is 0 Å². The summed E-state index contributed by atoms with van der Waals surface area (Å²) in [4.78, 5) is 33.7. The normalized spacial score (nSPS) is 20.2. The molecule has 2 aliphatic heterocycles. The number of hydrogen-bond acceptors (Lipinski definition) is 2. The molecule has 0 saturated carbocycles. The molecule has 2 aliphatic rings. The van der Waals surface area contributed by atoms with Crippen LogP contribution in [-0.2, 0) is 11.1 Å². The molecule has 0 aromatic heterocycles. The summed E-state index contributed by atoms with van der Waals surface area (Å²) in [5.74, 6) is -0.557. The largest absolute Gasteiger partial charge is 1.00 e. The average molecular weight is 1010 g/mol. The Bertz CT molecular complexity index is 1910. The number of halogens is 5. The minimum atomic E-state index is -0.539. The van der Waals surface area contributed by atoms with Crippen LogP contribution in [-0.4, -0.2) is 51.8 Å². The number of urea groups is 2. The zero-order chi connectivity index (χ0) is 40.3. The fourth-order valence-corrected chi connectivity index (χ4v) is 7.99. The van der Waals surface area contributed by atoms with Gasteiger partial charge < -0.3 is 21.4 Å². The minimum absolute atomic E-state index is 0. The van der Waals surface area contributed by atoms with Gasteiger partial charge in [0.25, 0.3) is 0 Å². The van der Waals surface area contributed by atoms with Gasteiger partial charge in [0.2, 0.25) is 0 Å². The number of nitrogens with zero attached hydrogens (tertiary/aromatic N) is 3. The Labute approximate surface area is 385 Å².